The summed E-state index contributed by atoms with van der Waals surface area (Å²) >= 11 is 0. The third kappa shape index (κ3) is 5.38. The Labute approximate surface area is 112 Å². The molecule has 1 aliphatic carbocycles. The van der Waals surface area contributed by atoms with Crippen molar-refractivity contribution in [2.75, 3.05) is 13.1 Å². The van der Waals surface area contributed by atoms with E-state index in [4.69, 9.17) is 0 Å². The van der Waals surface area contributed by atoms with Gasteiger partial charge in [0.25, 0.3) is 0 Å². The smallest absolute Gasteiger partial charge is 0.353 e. The summed E-state index contributed by atoms with van der Waals surface area (Å²) in [4.78, 5) is 11.8. The first-order chi connectivity index (χ1) is 8.84. The van der Waals surface area contributed by atoms with Gasteiger partial charge in [0.1, 0.15) is 0 Å². The topological polar surface area (TPSA) is 41.1 Å². The Bertz CT molecular complexity index is 286. The highest BCUT2D eigenvalue weighted by atomic mass is 19.4. The summed E-state index contributed by atoms with van der Waals surface area (Å²) in [5.74, 6) is -1.42. The van der Waals surface area contributed by atoms with Gasteiger partial charge in [-0.1, -0.05) is 13.8 Å². The zero-order valence-corrected chi connectivity index (χ0v) is 11.5. The van der Waals surface area contributed by atoms with E-state index >= 15 is 0 Å². The molecule has 0 heterocycles. The largest absolute Gasteiger partial charge is 0.391 e. The minimum Gasteiger partial charge on any atom is -0.353 e. The van der Waals surface area contributed by atoms with Crippen molar-refractivity contribution in [2.45, 2.75) is 51.7 Å². The van der Waals surface area contributed by atoms with Crippen LogP contribution in [0.25, 0.3) is 0 Å². The van der Waals surface area contributed by atoms with E-state index in [1.807, 2.05) is 13.8 Å². The van der Waals surface area contributed by atoms with Gasteiger partial charge in [0.15, 0.2) is 0 Å². The van der Waals surface area contributed by atoms with Crippen LogP contribution >= 0.6 is 0 Å². The fourth-order valence-electron chi connectivity index (χ4n) is 2.36. The third-order valence-electron chi connectivity index (χ3n) is 3.68. The summed E-state index contributed by atoms with van der Waals surface area (Å²) in [7, 11) is 0. The van der Waals surface area contributed by atoms with Gasteiger partial charge in [-0.05, 0) is 32.2 Å². The molecule has 0 aliphatic heterocycles. The van der Waals surface area contributed by atoms with Gasteiger partial charge in [0.2, 0.25) is 5.91 Å². The first kappa shape index (κ1) is 16.3. The quantitative estimate of drug-likeness (QED) is 0.812. The molecule has 0 aromatic carbocycles. The van der Waals surface area contributed by atoms with E-state index in [0.717, 1.165) is 6.54 Å². The highest BCUT2D eigenvalue weighted by Gasteiger charge is 2.41. The van der Waals surface area contributed by atoms with Gasteiger partial charge in [-0.3, -0.25) is 4.79 Å². The Morgan fingerprint density at radius 1 is 1.26 bits per heavy atom. The lowest BCUT2D eigenvalue weighted by molar-refractivity contribution is -0.182. The summed E-state index contributed by atoms with van der Waals surface area (Å²) in [6.45, 7) is 5.18. The molecule has 1 amide bonds. The predicted molar refractivity (Wildman–Crippen MR) is 67.7 cm³/mol. The molecular formula is C13H23F3N2O. The minimum atomic E-state index is -4.09. The number of rotatable bonds is 5. The molecule has 1 rings (SSSR count). The second-order valence-corrected chi connectivity index (χ2v) is 5.31. The maximum absolute atomic E-state index is 12.5. The molecule has 0 spiro atoms. The lowest BCUT2D eigenvalue weighted by Gasteiger charge is -2.30. The van der Waals surface area contributed by atoms with E-state index in [1.54, 1.807) is 0 Å². The van der Waals surface area contributed by atoms with Crippen molar-refractivity contribution in [1.29, 1.82) is 0 Å². The van der Waals surface area contributed by atoms with Crippen LogP contribution in [0, 0.1) is 11.8 Å². The fourth-order valence-corrected chi connectivity index (χ4v) is 2.36. The molecule has 1 unspecified atom stereocenters. The molecule has 1 atom stereocenters. The molecule has 1 fully saturated rings. The molecule has 0 radical (unpaired) electrons. The van der Waals surface area contributed by atoms with Crippen LogP contribution in [0.4, 0.5) is 13.2 Å². The predicted octanol–water partition coefficient (Wildman–Crippen LogP) is 2.47. The monoisotopic (exact) mass is 280 g/mol. The lowest BCUT2D eigenvalue weighted by atomic mass is 9.85. The van der Waals surface area contributed by atoms with Gasteiger partial charge < -0.3 is 10.6 Å². The van der Waals surface area contributed by atoms with Crippen molar-refractivity contribution < 1.29 is 18.0 Å². The van der Waals surface area contributed by atoms with Crippen molar-refractivity contribution in [3.63, 3.8) is 0 Å². The van der Waals surface area contributed by atoms with Crippen LogP contribution in [0.3, 0.4) is 0 Å². The Morgan fingerprint density at radius 2 is 1.84 bits per heavy atom. The first-order valence-electron chi connectivity index (χ1n) is 6.92. The molecule has 1 saturated carbocycles. The van der Waals surface area contributed by atoms with E-state index in [9.17, 15) is 18.0 Å². The SMILES string of the molecule is CCNCC(C)C(=O)NC1CCC(C(F)(F)F)CC1. The van der Waals surface area contributed by atoms with Crippen LogP contribution in [-0.2, 0) is 4.79 Å². The highest BCUT2D eigenvalue weighted by Crippen LogP contribution is 2.37. The van der Waals surface area contributed by atoms with E-state index in [2.05, 4.69) is 10.6 Å². The fraction of sp³-hybridized carbons (Fsp3) is 0.923. The molecule has 0 bridgehead atoms. The standard InChI is InChI=1S/C13H23F3N2O/c1-3-17-8-9(2)12(19)18-11-6-4-10(5-7-11)13(14,15)16/h9-11,17H,3-8H2,1-2H3,(H,18,19). The maximum Gasteiger partial charge on any atom is 0.391 e. The third-order valence-corrected chi connectivity index (χ3v) is 3.68. The van der Waals surface area contributed by atoms with Gasteiger partial charge in [-0.25, -0.2) is 0 Å². The number of hydrogen-bond donors (Lipinski definition) is 2. The molecule has 0 saturated heterocycles. The molecule has 0 aromatic rings. The molecule has 2 N–H and O–H groups in total. The Balaban J connectivity index is 2.31. The number of hydrogen-bond acceptors (Lipinski definition) is 2. The molecule has 0 aromatic heterocycles. The average Bonchev–Trinajstić information content (AvgIpc) is 2.35. The summed E-state index contributed by atoms with van der Waals surface area (Å²) in [5, 5.41) is 5.94. The Morgan fingerprint density at radius 3 is 2.32 bits per heavy atom. The summed E-state index contributed by atoms with van der Waals surface area (Å²) in [5.41, 5.74) is 0. The average molecular weight is 280 g/mol. The van der Waals surface area contributed by atoms with Crippen molar-refractivity contribution in [3.8, 4) is 0 Å². The number of alkyl halides is 3. The summed E-state index contributed by atoms with van der Waals surface area (Å²) in [6.07, 6.45) is -3.01. The van der Waals surface area contributed by atoms with E-state index < -0.39 is 12.1 Å². The molecule has 6 heteroatoms. The van der Waals surface area contributed by atoms with E-state index in [1.165, 1.54) is 0 Å². The Hall–Kier alpha value is -0.780. The minimum absolute atomic E-state index is 0.0728. The van der Waals surface area contributed by atoms with Crippen molar-refractivity contribution >= 4 is 5.91 Å². The number of nitrogens with one attached hydrogen (secondary N) is 2. The summed E-state index contributed by atoms with van der Waals surface area (Å²) in [6, 6.07) is -0.102. The van der Waals surface area contributed by atoms with Crippen molar-refractivity contribution in [3.05, 3.63) is 0 Å². The highest BCUT2D eigenvalue weighted by molar-refractivity contribution is 5.78. The first-order valence-corrected chi connectivity index (χ1v) is 6.92. The zero-order valence-electron chi connectivity index (χ0n) is 11.5. The Kier molecular flexibility index (Phi) is 6.10. The van der Waals surface area contributed by atoms with Gasteiger partial charge in [-0.2, -0.15) is 13.2 Å². The molecule has 1 aliphatic rings. The number of carbonyl (C=O) groups is 1. The second-order valence-electron chi connectivity index (χ2n) is 5.31. The molecule has 3 nitrogen and oxygen atoms in total. The van der Waals surface area contributed by atoms with E-state index in [-0.39, 0.29) is 30.7 Å². The van der Waals surface area contributed by atoms with Crippen LogP contribution in [0.2, 0.25) is 0 Å². The van der Waals surface area contributed by atoms with Crippen LogP contribution < -0.4 is 10.6 Å². The van der Waals surface area contributed by atoms with Gasteiger partial charge in [0, 0.05) is 18.5 Å². The number of amides is 1. The van der Waals surface area contributed by atoms with Crippen LogP contribution in [0.5, 0.6) is 0 Å². The van der Waals surface area contributed by atoms with Crippen LogP contribution in [0.1, 0.15) is 39.5 Å². The normalized spacial score (nSPS) is 25.9. The zero-order chi connectivity index (χ0) is 14.5. The maximum atomic E-state index is 12.5. The second kappa shape index (κ2) is 7.12. The van der Waals surface area contributed by atoms with Crippen molar-refractivity contribution in [1.82, 2.24) is 10.6 Å². The van der Waals surface area contributed by atoms with Crippen molar-refractivity contribution in [2.24, 2.45) is 11.8 Å². The van der Waals surface area contributed by atoms with Gasteiger partial charge in [-0.15, -0.1) is 0 Å². The van der Waals surface area contributed by atoms with Crippen LogP contribution in [-0.4, -0.2) is 31.2 Å². The van der Waals surface area contributed by atoms with Crippen LogP contribution in [0.15, 0.2) is 0 Å². The number of carbonyl (C=O) groups excluding carboxylic acids is 1. The van der Waals surface area contributed by atoms with Gasteiger partial charge >= 0.3 is 6.18 Å². The molecular weight excluding hydrogens is 257 g/mol. The lowest BCUT2D eigenvalue weighted by Crippen LogP contribution is -2.43. The summed E-state index contributed by atoms with van der Waals surface area (Å²) < 4.78 is 37.5. The molecule has 19 heavy (non-hydrogen) atoms. The molecule has 112 valence electrons. The van der Waals surface area contributed by atoms with E-state index in [0.29, 0.717) is 19.4 Å². The number of halogens is 3. The van der Waals surface area contributed by atoms with Gasteiger partial charge in [0.05, 0.1) is 5.92 Å².